The number of aryl methyl sites for hydroxylation is 1. The van der Waals surface area contributed by atoms with Gasteiger partial charge in [-0.1, -0.05) is 36.4 Å². The van der Waals surface area contributed by atoms with Crippen molar-refractivity contribution >= 4 is 11.8 Å². The summed E-state index contributed by atoms with van der Waals surface area (Å²) >= 11 is 0. The van der Waals surface area contributed by atoms with Gasteiger partial charge in [-0.15, -0.1) is 0 Å². The van der Waals surface area contributed by atoms with Crippen LogP contribution in [0.2, 0.25) is 0 Å². The standard InChI is InChI=1S/C18H19NO3/c20-17-8-4-7-14-9-10-15(11-16(14)17)19-18(21)22-12-13-5-2-1-3-6-13/h1-3,5-6,9-11,17,20H,4,7-8,12H2,(H,19,21). The second kappa shape index (κ2) is 6.62. The average Bonchev–Trinajstić information content (AvgIpc) is 2.55. The minimum Gasteiger partial charge on any atom is -0.444 e. The Bertz CT molecular complexity index is 655. The SMILES string of the molecule is O=C(Nc1ccc2c(c1)C(O)CCC2)OCc1ccccc1. The van der Waals surface area contributed by atoms with Gasteiger partial charge in [0.1, 0.15) is 6.61 Å². The third-order valence-corrected chi connectivity index (χ3v) is 3.89. The first kappa shape index (κ1) is 14.6. The van der Waals surface area contributed by atoms with E-state index in [9.17, 15) is 9.90 Å². The Morgan fingerprint density at radius 2 is 2.05 bits per heavy atom. The largest absolute Gasteiger partial charge is 0.444 e. The molecule has 0 spiro atoms. The van der Waals surface area contributed by atoms with Crippen molar-refractivity contribution < 1.29 is 14.6 Å². The summed E-state index contributed by atoms with van der Waals surface area (Å²) in [5.41, 5.74) is 3.66. The zero-order chi connectivity index (χ0) is 15.4. The molecule has 0 heterocycles. The van der Waals surface area contributed by atoms with E-state index < -0.39 is 12.2 Å². The molecule has 1 aliphatic carbocycles. The highest BCUT2D eigenvalue weighted by Gasteiger charge is 2.18. The maximum absolute atomic E-state index is 11.8. The van der Waals surface area contributed by atoms with Crippen molar-refractivity contribution in [2.45, 2.75) is 32.0 Å². The van der Waals surface area contributed by atoms with Crippen LogP contribution in [0.15, 0.2) is 48.5 Å². The lowest BCUT2D eigenvalue weighted by molar-refractivity contribution is 0.154. The van der Waals surface area contributed by atoms with Crippen LogP contribution in [0.5, 0.6) is 0 Å². The third-order valence-electron chi connectivity index (χ3n) is 3.89. The fourth-order valence-corrected chi connectivity index (χ4v) is 2.73. The number of benzene rings is 2. The quantitative estimate of drug-likeness (QED) is 0.905. The second-order valence-electron chi connectivity index (χ2n) is 5.51. The summed E-state index contributed by atoms with van der Waals surface area (Å²) in [6.07, 6.45) is 1.82. The molecule has 2 aromatic carbocycles. The van der Waals surface area contributed by atoms with E-state index in [1.807, 2.05) is 48.5 Å². The summed E-state index contributed by atoms with van der Waals surface area (Å²) in [6.45, 7) is 0.236. The van der Waals surface area contributed by atoms with Crippen molar-refractivity contribution in [3.8, 4) is 0 Å². The Balaban J connectivity index is 1.61. The molecular formula is C18H19NO3. The molecule has 1 aliphatic rings. The van der Waals surface area contributed by atoms with Crippen LogP contribution in [0.3, 0.4) is 0 Å². The molecular weight excluding hydrogens is 278 g/mol. The number of carbonyl (C=O) groups excluding carboxylic acids is 1. The zero-order valence-corrected chi connectivity index (χ0v) is 12.3. The van der Waals surface area contributed by atoms with E-state index in [1.165, 1.54) is 0 Å². The van der Waals surface area contributed by atoms with Crippen molar-refractivity contribution in [2.75, 3.05) is 5.32 Å². The predicted octanol–water partition coefficient (Wildman–Crippen LogP) is 3.81. The number of anilines is 1. The molecule has 1 amide bonds. The molecule has 0 saturated heterocycles. The molecule has 0 fully saturated rings. The fourth-order valence-electron chi connectivity index (χ4n) is 2.73. The topological polar surface area (TPSA) is 58.6 Å². The number of hydrogen-bond donors (Lipinski definition) is 2. The molecule has 2 N–H and O–H groups in total. The van der Waals surface area contributed by atoms with Crippen LogP contribution in [0.25, 0.3) is 0 Å². The number of aliphatic hydroxyl groups excluding tert-OH is 1. The first-order valence-corrected chi connectivity index (χ1v) is 7.51. The van der Waals surface area contributed by atoms with Crippen LogP contribution < -0.4 is 5.32 Å². The number of ether oxygens (including phenoxy) is 1. The minimum absolute atomic E-state index is 0.236. The summed E-state index contributed by atoms with van der Waals surface area (Å²) in [6, 6.07) is 15.2. The van der Waals surface area contributed by atoms with E-state index in [0.717, 1.165) is 36.0 Å². The Morgan fingerprint density at radius 1 is 1.23 bits per heavy atom. The maximum atomic E-state index is 11.8. The van der Waals surface area contributed by atoms with Gasteiger partial charge in [0.25, 0.3) is 0 Å². The van der Waals surface area contributed by atoms with E-state index in [4.69, 9.17) is 4.74 Å². The monoisotopic (exact) mass is 297 g/mol. The number of nitrogens with one attached hydrogen (secondary N) is 1. The predicted molar refractivity (Wildman–Crippen MR) is 84.6 cm³/mol. The lowest BCUT2D eigenvalue weighted by atomic mass is 9.89. The zero-order valence-electron chi connectivity index (χ0n) is 12.3. The molecule has 114 valence electrons. The number of amides is 1. The molecule has 0 aromatic heterocycles. The normalized spacial score (nSPS) is 16.7. The summed E-state index contributed by atoms with van der Waals surface area (Å²) in [5, 5.41) is 12.7. The molecule has 1 atom stereocenters. The number of aliphatic hydroxyl groups is 1. The van der Waals surface area contributed by atoms with Crippen LogP contribution >= 0.6 is 0 Å². The van der Waals surface area contributed by atoms with E-state index in [-0.39, 0.29) is 6.61 Å². The van der Waals surface area contributed by atoms with Gasteiger partial charge in [-0.05, 0) is 48.1 Å². The van der Waals surface area contributed by atoms with Gasteiger partial charge in [-0.2, -0.15) is 0 Å². The van der Waals surface area contributed by atoms with Crippen LogP contribution in [-0.2, 0) is 17.8 Å². The summed E-state index contributed by atoms with van der Waals surface area (Å²) < 4.78 is 5.19. The first-order valence-electron chi connectivity index (χ1n) is 7.51. The molecule has 3 rings (SSSR count). The molecule has 2 aromatic rings. The lowest BCUT2D eigenvalue weighted by Crippen LogP contribution is -2.15. The lowest BCUT2D eigenvalue weighted by Gasteiger charge is -2.22. The van der Waals surface area contributed by atoms with Gasteiger partial charge in [0.15, 0.2) is 0 Å². The molecule has 0 bridgehead atoms. The average molecular weight is 297 g/mol. The van der Waals surface area contributed by atoms with Gasteiger partial charge >= 0.3 is 6.09 Å². The molecule has 0 saturated carbocycles. The highest BCUT2D eigenvalue weighted by Crippen LogP contribution is 2.31. The molecule has 1 unspecified atom stereocenters. The Morgan fingerprint density at radius 3 is 2.86 bits per heavy atom. The molecule has 4 nitrogen and oxygen atoms in total. The maximum Gasteiger partial charge on any atom is 0.411 e. The highest BCUT2D eigenvalue weighted by atomic mass is 16.5. The summed E-state index contributed by atoms with van der Waals surface area (Å²) in [4.78, 5) is 11.8. The molecule has 0 radical (unpaired) electrons. The first-order chi connectivity index (χ1) is 10.7. The fraction of sp³-hybridized carbons (Fsp3) is 0.278. The van der Waals surface area contributed by atoms with Crippen molar-refractivity contribution in [1.29, 1.82) is 0 Å². The van der Waals surface area contributed by atoms with E-state index >= 15 is 0 Å². The van der Waals surface area contributed by atoms with Gasteiger partial charge in [0.05, 0.1) is 6.10 Å². The number of carbonyl (C=O) groups is 1. The summed E-state index contributed by atoms with van der Waals surface area (Å²) in [5.74, 6) is 0. The van der Waals surface area contributed by atoms with Gasteiger partial charge in [0.2, 0.25) is 0 Å². The van der Waals surface area contributed by atoms with Crippen molar-refractivity contribution in [2.24, 2.45) is 0 Å². The van der Waals surface area contributed by atoms with Crippen molar-refractivity contribution in [3.05, 3.63) is 65.2 Å². The third kappa shape index (κ3) is 3.46. The Labute approximate surface area is 129 Å². The van der Waals surface area contributed by atoms with E-state index in [2.05, 4.69) is 5.32 Å². The van der Waals surface area contributed by atoms with E-state index in [0.29, 0.717) is 5.69 Å². The second-order valence-corrected chi connectivity index (χ2v) is 5.51. The van der Waals surface area contributed by atoms with Gasteiger partial charge < -0.3 is 9.84 Å². The smallest absolute Gasteiger partial charge is 0.411 e. The Hall–Kier alpha value is -2.33. The van der Waals surface area contributed by atoms with Crippen molar-refractivity contribution in [1.82, 2.24) is 0 Å². The van der Waals surface area contributed by atoms with Crippen LogP contribution in [-0.4, -0.2) is 11.2 Å². The van der Waals surface area contributed by atoms with Crippen LogP contribution in [0.4, 0.5) is 10.5 Å². The summed E-state index contributed by atoms with van der Waals surface area (Å²) in [7, 11) is 0. The minimum atomic E-state index is -0.492. The van der Waals surface area contributed by atoms with Crippen molar-refractivity contribution in [3.63, 3.8) is 0 Å². The highest BCUT2D eigenvalue weighted by molar-refractivity contribution is 5.84. The molecule has 0 aliphatic heterocycles. The molecule has 4 heteroatoms. The van der Waals surface area contributed by atoms with E-state index in [1.54, 1.807) is 0 Å². The van der Waals surface area contributed by atoms with Crippen LogP contribution in [0, 0.1) is 0 Å². The number of rotatable bonds is 3. The Kier molecular flexibility index (Phi) is 4.39. The van der Waals surface area contributed by atoms with Gasteiger partial charge in [-0.3, -0.25) is 5.32 Å². The van der Waals surface area contributed by atoms with Gasteiger partial charge in [-0.25, -0.2) is 4.79 Å². The van der Waals surface area contributed by atoms with Crippen LogP contribution in [0.1, 0.15) is 35.6 Å². The molecule has 22 heavy (non-hydrogen) atoms. The number of hydrogen-bond acceptors (Lipinski definition) is 3. The van der Waals surface area contributed by atoms with Gasteiger partial charge in [0, 0.05) is 5.69 Å². The number of fused-ring (bicyclic) bond motifs is 1.